The fourth-order valence-electron chi connectivity index (χ4n) is 2.16. The van der Waals surface area contributed by atoms with Crippen LogP contribution in [0.15, 0.2) is 18.3 Å². The van der Waals surface area contributed by atoms with Crippen LogP contribution in [0.4, 0.5) is 5.69 Å². The number of rotatable bonds is 2. The van der Waals surface area contributed by atoms with E-state index < -0.39 is 0 Å². The van der Waals surface area contributed by atoms with Gasteiger partial charge in [0.15, 0.2) is 0 Å². The molecule has 17 heavy (non-hydrogen) atoms. The Morgan fingerprint density at radius 1 is 1.24 bits per heavy atom. The summed E-state index contributed by atoms with van der Waals surface area (Å²) in [6.07, 6.45) is 3.16. The molecule has 0 spiro atoms. The molecule has 1 saturated heterocycles. The number of nitrogens with two attached hydrogens (primary N) is 1. The smallest absolute Gasteiger partial charge is 0.0569 e. The van der Waals surface area contributed by atoms with Crippen LogP contribution < -0.4 is 10.6 Å². The minimum Gasteiger partial charge on any atom is -0.369 e. The topological polar surface area (TPSA) is 45.4 Å². The SMILES string of the molecule is C[C@@H](N)c1ccc(N2CCCN(C)CC2)cn1. The van der Waals surface area contributed by atoms with Crippen molar-refractivity contribution in [3.63, 3.8) is 0 Å². The number of hydrogen-bond donors (Lipinski definition) is 1. The lowest BCUT2D eigenvalue weighted by Crippen LogP contribution is -2.28. The van der Waals surface area contributed by atoms with Gasteiger partial charge in [0.1, 0.15) is 0 Å². The number of anilines is 1. The van der Waals surface area contributed by atoms with Gasteiger partial charge in [0.2, 0.25) is 0 Å². The van der Waals surface area contributed by atoms with Crippen LogP contribution in [0.2, 0.25) is 0 Å². The molecule has 0 amide bonds. The molecule has 4 nitrogen and oxygen atoms in total. The molecule has 1 aromatic heterocycles. The third-order valence-corrected chi connectivity index (χ3v) is 3.32. The van der Waals surface area contributed by atoms with E-state index in [1.54, 1.807) is 0 Å². The van der Waals surface area contributed by atoms with Crippen LogP contribution in [0.5, 0.6) is 0 Å². The predicted octanol–water partition coefficient (Wildman–Crippen LogP) is 1.24. The quantitative estimate of drug-likeness (QED) is 0.836. The number of likely N-dealkylation sites (N-methyl/N-ethyl adjacent to an activating group) is 1. The predicted molar refractivity (Wildman–Crippen MR) is 71.2 cm³/mol. The Kier molecular flexibility index (Phi) is 3.97. The molecule has 1 aromatic rings. The van der Waals surface area contributed by atoms with Gasteiger partial charge >= 0.3 is 0 Å². The molecule has 1 aliphatic rings. The molecular weight excluding hydrogens is 212 g/mol. The van der Waals surface area contributed by atoms with Crippen molar-refractivity contribution in [2.45, 2.75) is 19.4 Å². The van der Waals surface area contributed by atoms with Gasteiger partial charge in [-0.2, -0.15) is 0 Å². The van der Waals surface area contributed by atoms with E-state index in [1.165, 1.54) is 18.7 Å². The summed E-state index contributed by atoms with van der Waals surface area (Å²) in [5.41, 5.74) is 7.97. The summed E-state index contributed by atoms with van der Waals surface area (Å²) in [6.45, 7) is 6.46. The van der Waals surface area contributed by atoms with Crippen LogP contribution >= 0.6 is 0 Å². The van der Waals surface area contributed by atoms with Gasteiger partial charge in [0.25, 0.3) is 0 Å². The molecule has 0 unspecified atom stereocenters. The van der Waals surface area contributed by atoms with E-state index >= 15 is 0 Å². The zero-order valence-corrected chi connectivity index (χ0v) is 10.8. The van der Waals surface area contributed by atoms with Gasteiger partial charge in [-0.1, -0.05) is 0 Å². The summed E-state index contributed by atoms with van der Waals surface area (Å²) in [7, 11) is 2.18. The molecule has 1 aliphatic heterocycles. The van der Waals surface area contributed by atoms with Gasteiger partial charge in [-0.05, 0) is 39.1 Å². The normalized spacial score (nSPS) is 20.1. The minimum atomic E-state index is 0.0133. The van der Waals surface area contributed by atoms with E-state index in [-0.39, 0.29) is 6.04 Å². The van der Waals surface area contributed by atoms with Crippen LogP contribution in [0.25, 0.3) is 0 Å². The Hall–Kier alpha value is -1.13. The fraction of sp³-hybridized carbons (Fsp3) is 0.615. The summed E-state index contributed by atoms with van der Waals surface area (Å²) in [5, 5.41) is 0. The first-order chi connectivity index (χ1) is 8.16. The highest BCUT2D eigenvalue weighted by molar-refractivity contribution is 5.45. The lowest BCUT2D eigenvalue weighted by Gasteiger charge is -2.22. The van der Waals surface area contributed by atoms with Gasteiger partial charge in [0.05, 0.1) is 17.6 Å². The van der Waals surface area contributed by atoms with Crippen LogP contribution in [-0.4, -0.2) is 43.1 Å². The minimum absolute atomic E-state index is 0.0133. The molecule has 2 heterocycles. The summed E-state index contributed by atoms with van der Waals surface area (Å²) in [4.78, 5) is 9.21. The lowest BCUT2D eigenvalue weighted by molar-refractivity contribution is 0.360. The monoisotopic (exact) mass is 234 g/mol. The lowest BCUT2D eigenvalue weighted by atomic mass is 10.2. The zero-order valence-electron chi connectivity index (χ0n) is 10.8. The van der Waals surface area contributed by atoms with Crippen molar-refractivity contribution in [1.82, 2.24) is 9.88 Å². The maximum Gasteiger partial charge on any atom is 0.0569 e. The molecule has 94 valence electrons. The molecule has 0 aliphatic carbocycles. The van der Waals surface area contributed by atoms with Crippen molar-refractivity contribution >= 4 is 5.69 Å². The second kappa shape index (κ2) is 5.47. The molecule has 0 saturated carbocycles. The number of pyridine rings is 1. The van der Waals surface area contributed by atoms with Crippen molar-refractivity contribution in [3.05, 3.63) is 24.0 Å². The van der Waals surface area contributed by atoms with E-state index in [0.29, 0.717) is 0 Å². The summed E-state index contributed by atoms with van der Waals surface area (Å²) >= 11 is 0. The highest BCUT2D eigenvalue weighted by Gasteiger charge is 2.13. The fourth-order valence-corrected chi connectivity index (χ4v) is 2.16. The van der Waals surface area contributed by atoms with Crippen molar-refractivity contribution in [2.24, 2.45) is 5.73 Å². The number of aromatic nitrogens is 1. The van der Waals surface area contributed by atoms with Gasteiger partial charge in [-0.3, -0.25) is 4.98 Å². The first kappa shape index (κ1) is 12.3. The van der Waals surface area contributed by atoms with E-state index in [9.17, 15) is 0 Å². The first-order valence-corrected chi connectivity index (χ1v) is 6.32. The van der Waals surface area contributed by atoms with E-state index in [2.05, 4.69) is 27.9 Å². The average molecular weight is 234 g/mol. The third-order valence-electron chi connectivity index (χ3n) is 3.32. The Morgan fingerprint density at radius 3 is 2.71 bits per heavy atom. The summed E-state index contributed by atoms with van der Waals surface area (Å²) in [5.74, 6) is 0. The highest BCUT2D eigenvalue weighted by Crippen LogP contribution is 2.17. The van der Waals surface area contributed by atoms with Crippen molar-refractivity contribution in [3.8, 4) is 0 Å². The molecule has 0 aromatic carbocycles. The summed E-state index contributed by atoms with van der Waals surface area (Å²) in [6, 6.07) is 4.19. The average Bonchev–Trinajstić information content (AvgIpc) is 2.54. The van der Waals surface area contributed by atoms with Crippen LogP contribution in [0, 0.1) is 0 Å². The molecule has 0 radical (unpaired) electrons. The third kappa shape index (κ3) is 3.17. The van der Waals surface area contributed by atoms with E-state index in [1.807, 2.05) is 19.2 Å². The molecular formula is C13H22N4. The Balaban J connectivity index is 2.06. The van der Waals surface area contributed by atoms with Crippen molar-refractivity contribution < 1.29 is 0 Å². The molecule has 4 heteroatoms. The van der Waals surface area contributed by atoms with Crippen molar-refractivity contribution in [1.29, 1.82) is 0 Å². The van der Waals surface area contributed by atoms with Crippen molar-refractivity contribution in [2.75, 3.05) is 38.1 Å². The molecule has 2 rings (SSSR count). The largest absolute Gasteiger partial charge is 0.369 e. The van der Waals surface area contributed by atoms with Gasteiger partial charge < -0.3 is 15.5 Å². The zero-order chi connectivity index (χ0) is 12.3. The molecule has 2 N–H and O–H groups in total. The Bertz CT molecular complexity index is 347. The highest BCUT2D eigenvalue weighted by atomic mass is 15.2. The van der Waals surface area contributed by atoms with E-state index in [0.717, 1.165) is 25.3 Å². The van der Waals surface area contributed by atoms with Gasteiger partial charge in [0, 0.05) is 25.7 Å². The molecule has 0 bridgehead atoms. The number of nitrogens with zero attached hydrogens (tertiary/aromatic N) is 3. The standard InChI is InChI=1S/C13H22N4/c1-11(14)13-5-4-12(10-15-13)17-7-3-6-16(2)8-9-17/h4-5,10-11H,3,6-9,14H2,1-2H3/t11-/m1/s1. The Labute approximate surface area is 103 Å². The van der Waals surface area contributed by atoms with Gasteiger partial charge in [-0.25, -0.2) is 0 Å². The van der Waals surface area contributed by atoms with E-state index in [4.69, 9.17) is 5.73 Å². The maximum atomic E-state index is 5.80. The molecule has 1 atom stereocenters. The number of hydrogen-bond acceptors (Lipinski definition) is 4. The first-order valence-electron chi connectivity index (χ1n) is 6.32. The van der Waals surface area contributed by atoms with Crippen LogP contribution in [0.3, 0.4) is 0 Å². The molecule has 1 fully saturated rings. The van der Waals surface area contributed by atoms with Gasteiger partial charge in [-0.15, -0.1) is 0 Å². The summed E-state index contributed by atoms with van der Waals surface area (Å²) < 4.78 is 0. The maximum absolute atomic E-state index is 5.80. The van der Waals surface area contributed by atoms with Crippen LogP contribution in [-0.2, 0) is 0 Å². The van der Waals surface area contributed by atoms with Crippen LogP contribution in [0.1, 0.15) is 25.1 Å². The second-order valence-electron chi connectivity index (χ2n) is 4.87. The second-order valence-corrected chi connectivity index (χ2v) is 4.87. The Morgan fingerprint density at radius 2 is 2.06 bits per heavy atom.